The Morgan fingerprint density at radius 1 is 1.46 bits per heavy atom. The molecule has 1 aromatic rings. The number of halogens is 1. The molecule has 1 aliphatic rings. The minimum atomic E-state index is 0.297. The largest absolute Gasteiger partial charge is 0.357 e. The summed E-state index contributed by atoms with van der Waals surface area (Å²) in [6.07, 6.45) is 5.48. The molecule has 6 nitrogen and oxygen atoms in total. The van der Waals surface area contributed by atoms with E-state index >= 15 is 0 Å². The number of aliphatic imine (C=N–C) groups is 1. The molecule has 0 aliphatic carbocycles. The van der Waals surface area contributed by atoms with Gasteiger partial charge in [0.15, 0.2) is 5.96 Å². The van der Waals surface area contributed by atoms with Crippen molar-refractivity contribution in [2.75, 3.05) is 26.7 Å². The van der Waals surface area contributed by atoms with E-state index in [-0.39, 0.29) is 0 Å². The first kappa shape index (κ1) is 20.6. The van der Waals surface area contributed by atoms with Crippen LogP contribution >= 0.6 is 11.6 Å². The molecule has 1 fully saturated rings. The predicted molar refractivity (Wildman–Crippen MR) is 108 cm³/mol. The van der Waals surface area contributed by atoms with E-state index in [4.69, 9.17) is 16.6 Å². The van der Waals surface area contributed by atoms with E-state index in [0.717, 1.165) is 55.6 Å². The molecule has 0 aromatic carbocycles. The highest BCUT2D eigenvalue weighted by atomic mass is 35.5. The molecule has 1 unspecified atom stereocenters. The predicted octanol–water partition coefficient (Wildman–Crippen LogP) is 2.87. The van der Waals surface area contributed by atoms with Crippen LogP contribution in [0.3, 0.4) is 0 Å². The molecule has 0 saturated carbocycles. The number of nitrogens with one attached hydrogen (secondary N) is 1. The maximum absolute atomic E-state index is 12.0. The van der Waals surface area contributed by atoms with Crippen LogP contribution < -0.4 is 5.32 Å². The molecule has 0 spiro atoms. The molecule has 1 atom stereocenters. The average molecular weight is 382 g/mol. The minimum absolute atomic E-state index is 0.297. The number of nitrogens with zero attached hydrogens (tertiary/aromatic N) is 4. The summed E-state index contributed by atoms with van der Waals surface area (Å²) in [6.45, 7) is 7.38. The summed E-state index contributed by atoms with van der Waals surface area (Å²) in [5.41, 5.74) is 1.14. The van der Waals surface area contributed by atoms with Gasteiger partial charge in [0, 0.05) is 58.1 Å². The molecular weight excluding hydrogens is 350 g/mol. The number of hydrogen-bond donors (Lipinski definition) is 1. The number of carbonyl (C=O) groups is 1. The number of carbonyl (C=O) groups excluding carboxylic acids is 1. The Bertz CT molecular complexity index is 627. The zero-order valence-electron chi connectivity index (χ0n) is 16.5. The van der Waals surface area contributed by atoms with Crippen molar-refractivity contribution < 1.29 is 4.79 Å². The van der Waals surface area contributed by atoms with Gasteiger partial charge in [-0.25, -0.2) is 0 Å². The summed E-state index contributed by atoms with van der Waals surface area (Å²) in [6, 6.07) is 2.28. The lowest BCUT2D eigenvalue weighted by Crippen LogP contribution is -2.39. The summed E-state index contributed by atoms with van der Waals surface area (Å²) in [7, 11) is 4.03. The molecule has 0 radical (unpaired) electrons. The average Bonchev–Trinajstić information content (AvgIpc) is 3.15. The molecule has 7 heteroatoms. The van der Waals surface area contributed by atoms with Gasteiger partial charge in [-0.05, 0) is 32.3 Å². The van der Waals surface area contributed by atoms with Crippen molar-refractivity contribution in [1.82, 2.24) is 19.7 Å². The summed E-state index contributed by atoms with van der Waals surface area (Å²) in [4.78, 5) is 20.9. The van der Waals surface area contributed by atoms with Gasteiger partial charge >= 0.3 is 0 Å². The van der Waals surface area contributed by atoms with E-state index in [1.165, 1.54) is 0 Å². The van der Waals surface area contributed by atoms with Crippen molar-refractivity contribution in [3.8, 4) is 0 Å². The third kappa shape index (κ3) is 5.40. The van der Waals surface area contributed by atoms with Gasteiger partial charge in [-0.1, -0.05) is 18.5 Å². The topological polar surface area (TPSA) is 52.9 Å². The highest BCUT2D eigenvalue weighted by Gasteiger charge is 2.26. The Labute approximate surface area is 162 Å². The fraction of sp³-hybridized carbons (Fsp3) is 0.684. The fourth-order valence-electron chi connectivity index (χ4n) is 3.47. The first-order chi connectivity index (χ1) is 12.5. The van der Waals surface area contributed by atoms with Crippen molar-refractivity contribution >= 4 is 23.5 Å². The van der Waals surface area contributed by atoms with Gasteiger partial charge < -0.3 is 19.7 Å². The number of aromatic nitrogens is 1. The van der Waals surface area contributed by atoms with Gasteiger partial charge in [-0.3, -0.25) is 9.79 Å². The summed E-state index contributed by atoms with van der Waals surface area (Å²) < 4.78 is 2.04. The van der Waals surface area contributed by atoms with Crippen molar-refractivity contribution in [1.29, 1.82) is 0 Å². The second-order valence-corrected chi connectivity index (χ2v) is 7.33. The number of aryl methyl sites for hydroxylation is 1. The molecule has 1 aromatic heterocycles. The molecule has 1 saturated heterocycles. The van der Waals surface area contributed by atoms with Gasteiger partial charge in [0.2, 0.25) is 5.91 Å². The summed E-state index contributed by atoms with van der Waals surface area (Å²) in [5, 5.41) is 4.10. The highest BCUT2D eigenvalue weighted by molar-refractivity contribution is 6.30. The second-order valence-electron chi connectivity index (χ2n) is 6.89. The number of amides is 1. The minimum Gasteiger partial charge on any atom is -0.357 e. The van der Waals surface area contributed by atoms with Crippen LogP contribution in [0.1, 0.15) is 45.2 Å². The molecule has 1 amide bonds. The van der Waals surface area contributed by atoms with Gasteiger partial charge in [-0.2, -0.15) is 0 Å². The van der Waals surface area contributed by atoms with Crippen LogP contribution in [0.4, 0.5) is 0 Å². The SMILES string of the molecule is CCNC(=NCCC(CC)N1CCCC1=O)N(C)Cc1cc(Cl)cn1C. The third-order valence-corrected chi connectivity index (χ3v) is 5.12. The molecule has 2 heterocycles. The smallest absolute Gasteiger partial charge is 0.222 e. The molecule has 1 N–H and O–H groups in total. The standard InChI is InChI=1S/C19H32ClN5O/c1-5-16(25-11-7-8-18(25)26)9-10-22-19(21-6-2)24(4)14-17-12-15(20)13-23(17)3/h12-13,16H,5-11,14H2,1-4H3,(H,21,22). The Morgan fingerprint density at radius 2 is 2.23 bits per heavy atom. The van der Waals surface area contributed by atoms with Crippen LogP contribution in [0.5, 0.6) is 0 Å². The quantitative estimate of drug-likeness (QED) is 0.556. The van der Waals surface area contributed by atoms with Gasteiger partial charge in [0.25, 0.3) is 0 Å². The fourth-order valence-corrected chi connectivity index (χ4v) is 3.74. The van der Waals surface area contributed by atoms with Gasteiger partial charge in [0.05, 0.1) is 11.6 Å². The number of rotatable bonds is 8. The van der Waals surface area contributed by atoms with Crippen LogP contribution in [0.25, 0.3) is 0 Å². The lowest BCUT2D eigenvalue weighted by atomic mass is 10.1. The molecular formula is C19H32ClN5O. The van der Waals surface area contributed by atoms with E-state index in [1.54, 1.807) is 0 Å². The third-order valence-electron chi connectivity index (χ3n) is 4.92. The summed E-state index contributed by atoms with van der Waals surface area (Å²) in [5.74, 6) is 1.18. The van der Waals surface area contributed by atoms with Crippen molar-refractivity contribution in [3.05, 3.63) is 23.0 Å². The summed E-state index contributed by atoms with van der Waals surface area (Å²) >= 11 is 6.08. The zero-order valence-corrected chi connectivity index (χ0v) is 17.2. The number of likely N-dealkylation sites (tertiary alicyclic amines) is 1. The molecule has 0 bridgehead atoms. The van der Waals surface area contributed by atoms with E-state index in [0.29, 0.717) is 24.9 Å². The van der Waals surface area contributed by atoms with E-state index in [1.807, 2.05) is 35.8 Å². The van der Waals surface area contributed by atoms with Gasteiger partial charge in [-0.15, -0.1) is 0 Å². The van der Waals surface area contributed by atoms with E-state index in [2.05, 4.69) is 24.1 Å². The van der Waals surface area contributed by atoms with Crippen molar-refractivity contribution in [2.45, 2.75) is 52.1 Å². The van der Waals surface area contributed by atoms with Crippen LogP contribution in [-0.2, 0) is 18.4 Å². The molecule has 1 aliphatic heterocycles. The maximum atomic E-state index is 12.0. The van der Waals surface area contributed by atoms with E-state index in [9.17, 15) is 4.79 Å². The van der Waals surface area contributed by atoms with Crippen LogP contribution in [0.2, 0.25) is 5.02 Å². The Hall–Kier alpha value is -1.69. The molecule has 26 heavy (non-hydrogen) atoms. The van der Waals surface area contributed by atoms with Gasteiger partial charge in [0.1, 0.15) is 0 Å². The number of hydrogen-bond acceptors (Lipinski definition) is 2. The van der Waals surface area contributed by atoms with Crippen LogP contribution in [0, 0.1) is 0 Å². The van der Waals surface area contributed by atoms with Crippen LogP contribution in [-0.4, -0.2) is 59.0 Å². The highest BCUT2D eigenvalue weighted by Crippen LogP contribution is 2.18. The molecule has 146 valence electrons. The first-order valence-electron chi connectivity index (χ1n) is 9.55. The van der Waals surface area contributed by atoms with Crippen molar-refractivity contribution in [3.63, 3.8) is 0 Å². The van der Waals surface area contributed by atoms with Crippen LogP contribution in [0.15, 0.2) is 17.3 Å². The Kier molecular flexibility index (Phi) is 7.82. The monoisotopic (exact) mass is 381 g/mol. The lowest BCUT2D eigenvalue weighted by molar-refractivity contribution is -0.129. The first-order valence-corrected chi connectivity index (χ1v) is 9.93. The Balaban J connectivity index is 1.96. The molecule has 2 rings (SSSR count). The maximum Gasteiger partial charge on any atom is 0.222 e. The van der Waals surface area contributed by atoms with Crippen molar-refractivity contribution in [2.24, 2.45) is 12.0 Å². The lowest BCUT2D eigenvalue weighted by Gasteiger charge is -2.27. The Morgan fingerprint density at radius 3 is 2.77 bits per heavy atom. The normalized spacial score (nSPS) is 16.3. The second kappa shape index (κ2) is 9.86. The number of guanidine groups is 1. The zero-order chi connectivity index (χ0) is 19.1. The van der Waals surface area contributed by atoms with E-state index < -0.39 is 0 Å².